The van der Waals surface area contributed by atoms with Gasteiger partial charge in [-0.05, 0) is 30.3 Å². The molecule has 0 aliphatic rings. The molecule has 4 N–H and O–H groups in total. The lowest BCUT2D eigenvalue weighted by molar-refractivity contribution is -0.136. The van der Waals surface area contributed by atoms with Gasteiger partial charge in [-0.15, -0.1) is 0 Å². The molecule has 0 atom stereocenters. The summed E-state index contributed by atoms with van der Waals surface area (Å²) < 4.78 is 26.8. The number of benzene rings is 2. The predicted molar refractivity (Wildman–Crippen MR) is 95.2 cm³/mol. The molecule has 0 saturated heterocycles. The maximum atomic E-state index is 12.4. The minimum atomic E-state index is -4.30. The molecule has 0 heterocycles. The predicted octanol–water partition coefficient (Wildman–Crippen LogP) is 1.39. The highest BCUT2D eigenvalue weighted by Crippen LogP contribution is 2.21. The smallest absolute Gasteiger partial charge is 0.337 e. The van der Waals surface area contributed by atoms with E-state index in [1.54, 1.807) is 30.3 Å². The lowest BCUT2D eigenvalue weighted by Crippen LogP contribution is -2.28. The van der Waals surface area contributed by atoms with Crippen LogP contribution in [-0.4, -0.2) is 43.0 Å². The summed E-state index contributed by atoms with van der Waals surface area (Å²) in [4.78, 5) is 33.5. The van der Waals surface area contributed by atoms with Gasteiger partial charge < -0.3 is 15.5 Å². The molecule has 142 valence electrons. The third-order valence-electron chi connectivity index (χ3n) is 3.43. The molecule has 2 rings (SSSR count). The van der Waals surface area contributed by atoms with E-state index in [9.17, 15) is 27.9 Å². The number of rotatable bonds is 8. The average molecular weight is 392 g/mol. The molecular formula is C17H16N2O7S. The molecule has 0 aliphatic heterocycles. The lowest BCUT2D eigenvalue weighted by Gasteiger charge is -2.12. The van der Waals surface area contributed by atoms with E-state index in [4.69, 9.17) is 5.11 Å². The van der Waals surface area contributed by atoms with Gasteiger partial charge in [0.1, 0.15) is 0 Å². The van der Waals surface area contributed by atoms with E-state index in [-0.39, 0.29) is 5.69 Å². The van der Waals surface area contributed by atoms with Crippen LogP contribution in [0.4, 0.5) is 5.69 Å². The second-order valence-electron chi connectivity index (χ2n) is 5.38. The van der Waals surface area contributed by atoms with Crippen molar-refractivity contribution in [1.29, 1.82) is 0 Å². The number of carboxylic acids is 2. The minimum Gasteiger partial charge on any atom is -0.481 e. The normalized spacial score (nSPS) is 11.0. The van der Waals surface area contributed by atoms with Crippen molar-refractivity contribution in [3.63, 3.8) is 0 Å². The van der Waals surface area contributed by atoms with Crippen LogP contribution in [-0.2, 0) is 14.8 Å². The standard InChI is InChI=1S/C17H16N2O7S/c20-15(21)8-9-18-27(25,26)14-10-12(6-7-13(14)17(23)24)19-16(22)11-4-2-1-3-5-11/h1-7,10,18H,8-9H2,(H,19,22)(H,20,21)(H,23,24). The van der Waals surface area contributed by atoms with E-state index in [1.807, 2.05) is 4.72 Å². The minimum absolute atomic E-state index is 0.0764. The summed E-state index contributed by atoms with van der Waals surface area (Å²) >= 11 is 0. The number of aromatic carboxylic acids is 1. The summed E-state index contributed by atoms with van der Waals surface area (Å²) in [6.45, 7) is -0.405. The summed E-state index contributed by atoms with van der Waals surface area (Å²) in [6, 6.07) is 11.5. The topological polar surface area (TPSA) is 150 Å². The van der Waals surface area contributed by atoms with Crippen molar-refractivity contribution >= 4 is 33.6 Å². The fraction of sp³-hybridized carbons (Fsp3) is 0.118. The van der Waals surface area contributed by atoms with Crippen molar-refractivity contribution in [1.82, 2.24) is 4.72 Å². The van der Waals surface area contributed by atoms with Gasteiger partial charge in [0.15, 0.2) is 0 Å². The Balaban J connectivity index is 2.32. The van der Waals surface area contributed by atoms with E-state index in [0.717, 1.165) is 12.1 Å². The maximum Gasteiger partial charge on any atom is 0.337 e. The van der Waals surface area contributed by atoms with E-state index in [1.165, 1.54) is 6.07 Å². The number of anilines is 1. The van der Waals surface area contributed by atoms with Crippen molar-refractivity contribution in [2.75, 3.05) is 11.9 Å². The third kappa shape index (κ3) is 5.36. The second kappa shape index (κ2) is 8.43. The first kappa shape index (κ1) is 20.1. The molecule has 9 nitrogen and oxygen atoms in total. The van der Waals surface area contributed by atoms with Crippen LogP contribution < -0.4 is 10.0 Å². The van der Waals surface area contributed by atoms with Crippen molar-refractivity contribution in [3.8, 4) is 0 Å². The number of carbonyl (C=O) groups excluding carboxylic acids is 1. The Morgan fingerprint density at radius 2 is 1.63 bits per heavy atom. The number of hydrogen-bond donors (Lipinski definition) is 4. The van der Waals surface area contributed by atoms with E-state index in [2.05, 4.69) is 5.32 Å². The molecule has 27 heavy (non-hydrogen) atoms. The summed E-state index contributed by atoms with van der Waals surface area (Å²) in [6.07, 6.45) is -0.466. The van der Waals surface area contributed by atoms with Crippen LogP contribution >= 0.6 is 0 Å². The number of carboxylic acid groups (broad SMARTS) is 2. The molecule has 0 spiro atoms. The number of aliphatic carboxylic acids is 1. The van der Waals surface area contributed by atoms with E-state index in [0.29, 0.717) is 5.56 Å². The monoisotopic (exact) mass is 392 g/mol. The molecule has 2 aromatic rings. The zero-order valence-corrected chi connectivity index (χ0v) is 14.7. The molecule has 2 aromatic carbocycles. The number of nitrogens with one attached hydrogen (secondary N) is 2. The lowest BCUT2D eigenvalue weighted by atomic mass is 10.2. The Bertz CT molecular complexity index is 972. The summed E-state index contributed by atoms with van der Waals surface area (Å²) in [7, 11) is -4.30. The van der Waals surface area contributed by atoms with E-state index >= 15 is 0 Å². The van der Waals surface area contributed by atoms with Crippen LogP contribution in [0.1, 0.15) is 27.1 Å². The molecule has 1 amide bonds. The molecule has 0 radical (unpaired) electrons. The van der Waals surface area contributed by atoms with Crippen LogP contribution in [0, 0.1) is 0 Å². The van der Waals surface area contributed by atoms with Crippen LogP contribution in [0.2, 0.25) is 0 Å². The number of sulfonamides is 1. The number of carbonyl (C=O) groups is 3. The van der Waals surface area contributed by atoms with Gasteiger partial charge in [0.05, 0.1) is 16.9 Å². The third-order valence-corrected chi connectivity index (χ3v) is 4.93. The van der Waals surface area contributed by atoms with Gasteiger partial charge >= 0.3 is 11.9 Å². The van der Waals surface area contributed by atoms with Crippen molar-refractivity contribution in [2.24, 2.45) is 0 Å². The van der Waals surface area contributed by atoms with Gasteiger partial charge in [0.25, 0.3) is 5.91 Å². The Labute approximate surface area is 154 Å². The fourth-order valence-electron chi connectivity index (χ4n) is 2.16. The SMILES string of the molecule is O=C(O)CCNS(=O)(=O)c1cc(NC(=O)c2ccccc2)ccc1C(=O)O. The molecule has 0 bridgehead atoms. The Kier molecular flexibility index (Phi) is 6.27. The largest absolute Gasteiger partial charge is 0.481 e. The Morgan fingerprint density at radius 1 is 0.963 bits per heavy atom. The first-order valence-corrected chi connectivity index (χ1v) is 9.14. The van der Waals surface area contributed by atoms with Crippen LogP contribution in [0.25, 0.3) is 0 Å². The molecule has 0 saturated carbocycles. The van der Waals surface area contributed by atoms with Crippen molar-refractivity contribution in [2.45, 2.75) is 11.3 Å². The molecular weight excluding hydrogens is 376 g/mol. The van der Waals surface area contributed by atoms with Gasteiger partial charge in [-0.25, -0.2) is 17.9 Å². The van der Waals surface area contributed by atoms with Gasteiger partial charge in [0.2, 0.25) is 10.0 Å². The highest BCUT2D eigenvalue weighted by atomic mass is 32.2. The summed E-state index contributed by atoms with van der Waals surface area (Å²) in [5.74, 6) is -3.18. The van der Waals surface area contributed by atoms with Crippen LogP contribution in [0.5, 0.6) is 0 Å². The highest BCUT2D eigenvalue weighted by Gasteiger charge is 2.23. The number of hydrogen-bond acceptors (Lipinski definition) is 5. The molecule has 0 unspecified atom stereocenters. The Morgan fingerprint density at radius 3 is 2.22 bits per heavy atom. The Hall–Kier alpha value is -3.24. The molecule has 0 aromatic heterocycles. The first-order chi connectivity index (χ1) is 12.7. The van der Waals surface area contributed by atoms with E-state index < -0.39 is 51.3 Å². The van der Waals surface area contributed by atoms with Gasteiger partial charge in [0, 0.05) is 17.8 Å². The average Bonchev–Trinajstić information content (AvgIpc) is 2.61. The second-order valence-corrected chi connectivity index (χ2v) is 7.11. The number of amides is 1. The highest BCUT2D eigenvalue weighted by molar-refractivity contribution is 7.89. The maximum absolute atomic E-state index is 12.4. The van der Waals surface area contributed by atoms with Crippen molar-refractivity contribution in [3.05, 3.63) is 59.7 Å². The molecule has 0 aliphatic carbocycles. The first-order valence-electron chi connectivity index (χ1n) is 7.66. The van der Waals surface area contributed by atoms with Gasteiger partial charge in [-0.3, -0.25) is 9.59 Å². The van der Waals surface area contributed by atoms with Gasteiger partial charge in [-0.1, -0.05) is 18.2 Å². The van der Waals surface area contributed by atoms with Gasteiger partial charge in [-0.2, -0.15) is 0 Å². The van der Waals surface area contributed by atoms with Crippen molar-refractivity contribution < 1.29 is 33.0 Å². The zero-order valence-electron chi connectivity index (χ0n) is 13.9. The fourth-order valence-corrected chi connectivity index (χ4v) is 3.42. The zero-order chi connectivity index (χ0) is 20.0. The molecule has 0 fully saturated rings. The summed E-state index contributed by atoms with van der Waals surface area (Å²) in [5, 5.41) is 20.3. The van der Waals surface area contributed by atoms with Crippen LogP contribution in [0.3, 0.4) is 0 Å². The quantitative estimate of drug-likeness (QED) is 0.530. The van der Waals surface area contributed by atoms with Crippen LogP contribution in [0.15, 0.2) is 53.4 Å². The summed E-state index contributed by atoms with van der Waals surface area (Å²) in [5.41, 5.74) is -0.0909. The molecule has 10 heteroatoms.